The molecule has 8 heteroatoms. The molecule has 0 aromatic heterocycles. The molecule has 1 aliphatic rings. The number of halogens is 1. The van der Waals surface area contributed by atoms with Gasteiger partial charge in [0.1, 0.15) is 10.7 Å². The molecular weight excluding hydrogens is 311 g/mol. The number of carboxylic acid groups (broad SMARTS) is 1. The normalized spacial score (nSPS) is 19.5. The lowest BCUT2D eigenvalue weighted by Crippen LogP contribution is -2.44. The molecule has 1 aromatic rings. The molecular formula is C14H15FN2O4S. The number of rotatable bonds is 4. The van der Waals surface area contributed by atoms with Gasteiger partial charge >= 0.3 is 5.97 Å². The number of benzene rings is 1. The predicted molar refractivity (Wildman–Crippen MR) is 74.9 cm³/mol. The third-order valence-corrected chi connectivity index (χ3v) is 5.62. The number of carbonyl (C=O) groups is 1. The summed E-state index contributed by atoms with van der Waals surface area (Å²) in [7, 11) is -4.13. The van der Waals surface area contributed by atoms with E-state index in [2.05, 4.69) is 0 Å². The molecule has 22 heavy (non-hydrogen) atoms. The summed E-state index contributed by atoms with van der Waals surface area (Å²) in [4.78, 5) is 10.4. The van der Waals surface area contributed by atoms with E-state index in [4.69, 9.17) is 10.4 Å². The van der Waals surface area contributed by atoms with E-state index in [1.165, 1.54) is 6.07 Å². The maximum atomic E-state index is 14.0. The fourth-order valence-electron chi connectivity index (χ4n) is 2.60. The Morgan fingerprint density at radius 2 is 2.18 bits per heavy atom. The summed E-state index contributed by atoms with van der Waals surface area (Å²) in [5, 5.41) is 17.6. The highest BCUT2D eigenvalue weighted by Gasteiger charge is 2.36. The summed E-state index contributed by atoms with van der Waals surface area (Å²) in [6.07, 6.45) is 1.47. The van der Waals surface area contributed by atoms with Crippen molar-refractivity contribution in [1.82, 2.24) is 4.31 Å². The number of nitrogens with zero attached hydrogens (tertiary/aromatic N) is 2. The van der Waals surface area contributed by atoms with Crippen molar-refractivity contribution in [2.24, 2.45) is 0 Å². The van der Waals surface area contributed by atoms with Crippen LogP contribution < -0.4 is 0 Å². The highest BCUT2D eigenvalue weighted by Crippen LogP contribution is 2.28. The number of piperidine rings is 1. The third-order valence-electron chi connectivity index (χ3n) is 3.63. The smallest absolute Gasteiger partial charge is 0.304 e. The van der Waals surface area contributed by atoms with Gasteiger partial charge in [-0.1, -0.05) is 6.42 Å². The molecule has 0 radical (unpaired) electrons. The zero-order chi connectivity index (χ0) is 16.3. The van der Waals surface area contributed by atoms with Crippen LogP contribution in [-0.4, -0.2) is 36.4 Å². The number of nitriles is 1. The Bertz CT molecular complexity index is 727. The topological polar surface area (TPSA) is 98.5 Å². The second kappa shape index (κ2) is 6.42. The number of carboxylic acids is 1. The van der Waals surface area contributed by atoms with Gasteiger partial charge in [-0.05, 0) is 31.0 Å². The molecule has 2 rings (SSSR count). The van der Waals surface area contributed by atoms with E-state index in [0.29, 0.717) is 12.8 Å². The maximum Gasteiger partial charge on any atom is 0.304 e. The summed E-state index contributed by atoms with van der Waals surface area (Å²) in [5.74, 6) is -2.09. The standard InChI is InChI=1S/C14H15FN2O4S/c15-12-7-10(9-16)4-5-13(12)22(20,21)17-6-2-1-3-11(17)8-14(18)19/h4-5,7,11H,1-3,6,8H2,(H,18,19). The molecule has 1 atom stereocenters. The van der Waals surface area contributed by atoms with Crippen molar-refractivity contribution in [3.63, 3.8) is 0 Å². The van der Waals surface area contributed by atoms with Crippen LogP contribution in [0.5, 0.6) is 0 Å². The van der Waals surface area contributed by atoms with Gasteiger partial charge in [0.25, 0.3) is 0 Å². The van der Waals surface area contributed by atoms with Crippen LogP contribution in [0.15, 0.2) is 23.1 Å². The van der Waals surface area contributed by atoms with Gasteiger partial charge in [0.2, 0.25) is 10.0 Å². The largest absolute Gasteiger partial charge is 0.481 e. The van der Waals surface area contributed by atoms with Crippen molar-refractivity contribution < 1.29 is 22.7 Å². The van der Waals surface area contributed by atoms with E-state index in [-0.39, 0.29) is 18.5 Å². The minimum atomic E-state index is -4.13. The van der Waals surface area contributed by atoms with Crippen molar-refractivity contribution in [1.29, 1.82) is 5.26 Å². The predicted octanol–water partition coefficient (Wildman–Crippen LogP) is 1.72. The Kier molecular flexibility index (Phi) is 4.78. The van der Waals surface area contributed by atoms with Crippen LogP contribution in [-0.2, 0) is 14.8 Å². The highest BCUT2D eigenvalue weighted by atomic mass is 32.2. The molecule has 0 aliphatic carbocycles. The third kappa shape index (κ3) is 3.26. The van der Waals surface area contributed by atoms with E-state index in [9.17, 15) is 17.6 Å². The van der Waals surface area contributed by atoms with Crippen molar-refractivity contribution >= 4 is 16.0 Å². The number of sulfonamides is 1. The molecule has 118 valence electrons. The molecule has 0 amide bonds. The Hall–Kier alpha value is -1.98. The molecule has 6 nitrogen and oxygen atoms in total. The van der Waals surface area contributed by atoms with Crippen LogP contribution in [0.4, 0.5) is 4.39 Å². The molecule has 1 aromatic carbocycles. The number of hydrogen-bond acceptors (Lipinski definition) is 4. The first kappa shape index (κ1) is 16.4. The lowest BCUT2D eigenvalue weighted by Gasteiger charge is -2.33. The lowest BCUT2D eigenvalue weighted by molar-refractivity contribution is -0.138. The lowest BCUT2D eigenvalue weighted by atomic mass is 10.0. The van der Waals surface area contributed by atoms with E-state index < -0.39 is 32.7 Å². The van der Waals surface area contributed by atoms with Gasteiger partial charge in [0, 0.05) is 12.6 Å². The molecule has 1 N–H and O–H groups in total. The fourth-order valence-corrected chi connectivity index (χ4v) is 4.34. The Morgan fingerprint density at radius 1 is 1.45 bits per heavy atom. The summed E-state index contributed by atoms with van der Waals surface area (Å²) in [6.45, 7) is 0.166. The summed E-state index contributed by atoms with van der Waals surface area (Å²) < 4.78 is 40.3. The first-order chi connectivity index (χ1) is 10.4. The fraction of sp³-hybridized carbons (Fsp3) is 0.429. The number of hydrogen-bond donors (Lipinski definition) is 1. The van der Waals surface area contributed by atoms with Crippen molar-refractivity contribution in [2.45, 2.75) is 36.6 Å². The van der Waals surface area contributed by atoms with Crippen LogP contribution in [0.25, 0.3) is 0 Å². The molecule has 1 aliphatic heterocycles. The molecule has 0 spiro atoms. The Balaban J connectivity index is 2.39. The average Bonchev–Trinajstić information content (AvgIpc) is 2.46. The van der Waals surface area contributed by atoms with Gasteiger partial charge in [-0.3, -0.25) is 4.79 Å². The van der Waals surface area contributed by atoms with E-state index >= 15 is 0 Å². The van der Waals surface area contributed by atoms with Crippen molar-refractivity contribution in [3.8, 4) is 6.07 Å². The van der Waals surface area contributed by atoms with Gasteiger partial charge in [0.05, 0.1) is 18.1 Å². The van der Waals surface area contributed by atoms with E-state index in [1.54, 1.807) is 6.07 Å². The SMILES string of the molecule is N#Cc1ccc(S(=O)(=O)N2CCCCC2CC(=O)O)c(F)c1. The number of aliphatic carboxylic acids is 1. The van der Waals surface area contributed by atoms with Gasteiger partial charge in [0.15, 0.2) is 0 Å². The van der Waals surface area contributed by atoms with Gasteiger partial charge in [-0.25, -0.2) is 12.8 Å². The Labute approximate surface area is 127 Å². The minimum Gasteiger partial charge on any atom is -0.481 e. The van der Waals surface area contributed by atoms with Crippen LogP contribution in [0.3, 0.4) is 0 Å². The summed E-state index contributed by atoms with van der Waals surface area (Å²) in [5.41, 5.74) is 0.0252. The molecule has 1 unspecified atom stereocenters. The van der Waals surface area contributed by atoms with Crippen LogP contribution >= 0.6 is 0 Å². The summed E-state index contributed by atoms with van der Waals surface area (Å²) in [6, 6.07) is 4.20. The first-order valence-corrected chi connectivity index (χ1v) is 8.23. The average molecular weight is 326 g/mol. The maximum absolute atomic E-state index is 14.0. The van der Waals surface area contributed by atoms with E-state index in [1.807, 2.05) is 0 Å². The van der Waals surface area contributed by atoms with Gasteiger partial charge in [-0.15, -0.1) is 0 Å². The van der Waals surface area contributed by atoms with Crippen molar-refractivity contribution in [3.05, 3.63) is 29.6 Å². The monoisotopic (exact) mass is 326 g/mol. The molecule has 1 fully saturated rings. The zero-order valence-electron chi connectivity index (χ0n) is 11.7. The Morgan fingerprint density at radius 3 is 2.77 bits per heavy atom. The molecule has 1 heterocycles. The van der Waals surface area contributed by atoms with Crippen LogP contribution in [0.1, 0.15) is 31.2 Å². The first-order valence-electron chi connectivity index (χ1n) is 6.79. The zero-order valence-corrected chi connectivity index (χ0v) is 12.5. The molecule has 1 saturated heterocycles. The minimum absolute atomic E-state index is 0.0252. The summed E-state index contributed by atoms with van der Waals surface area (Å²) >= 11 is 0. The highest BCUT2D eigenvalue weighted by molar-refractivity contribution is 7.89. The van der Waals surface area contributed by atoms with Gasteiger partial charge < -0.3 is 5.11 Å². The van der Waals surface area contributed by atoms with E-state index in [0.717, 1.165) is 22.9 Å². The van der Waals surface area contributed by atoms with Crippen LogP contribution in [0, 0.1) is 17.1 Å². The van der Waals surface area contributed by atoms with Gasteiger partial charge in [-0.2, -0.15) is 9.57 Å². The quantitative estimate of drug-likeness (QED) is 0.908. The molecule has 0 saturated carbocycles. The van der Waals surface area contributed by atoms with Crippen molar-refractivity contribution in [2.75, 3.05) is 6.54 Å². The second-order valence-corrected chi connectivity index (χ2v) is 6.98. The van der Waals surface area contributed by atoms with Crippen LogP contribution in [0.2, 0.25) is 0 Å². The molecule has 0 bridgehead atoms. The second-order valence-electron chi connectivity index (χ2n) is 5.12.